The summed E-state index contributed by atoms with van der Waals surface area (Å²) in [5, 5.41) is 6.33. The fourth-order valence-electron chi connectivity index (χ4n) is 2.88. The van der Waals surface area contributed by atoms with E-state index in [1.807, 2.05) is 44.4 Å². The van der Waals surface area contributed by atoms with Gasteiger partial charge in [-0.15, -0.1) is 11.3 Å². The number of hydrogen-bond donors (Lipinski definition) is 4. The minimum atomic E-state index is -0.217. The van der Waals surface area contributed by atoms with Gasteiger partial charge in [-0.2, -0.15) is 0 Å². The summed E-state index contributed by atoms with van der Waals surface area (Å²) in [6.45, 7) is 0.296. The van der Waals surface area contributed by atoms with Gasteiger partial charge in [-0.1, -0.05) is 24.3 Å². The maximum Gasteiger partial charge on any atom is 0.255 e. The molecule has 0 atom stereocenters. The molecule has 0 bridgehead atoms. The predicted octanol–water partition coefficient (Wildman–Crippen LogP) is 3.26. The number of thiophene rings is 1. The lowest BCUT2D eigenvalue weighted by molar-refractivity contribution is -0.116. The van der Waals surface area contributed by atoms with Gasteiger partial charge in [0.2, 0.25) is 5.91 Å². The molecule has 1 aromatic heterocycles. The number of hydrogen-bond acceptors (Lipinski definition) is 6. The molecule has 0 aliphatic carbocycles. The Morgan fingerprint density at radius 2 is 1.67 bits per heavy atom. The standard InChI is InChI=1S/C22H25N5O2S/c1-27(2)13-20(28)26-22-18(24)12-16(30-22)11-14-7-9-15(10-8-14)21(29)25-19-6-4-3-5-17(19)23/h3-10,12H,11,13,23-24H2,1-2H3,(H,25,29)(H,26,28). The van der Waals surface area contributed by atoms with Crippen LogP contribution in [0, 0.1) is 0 Å². The highest BCUT2D eigenvalue weighted by Gasteiger charge is 2.12. The van der Waals surface area contributed by atoms with E-state index in [-0.39, 0.29) is 11.8 Å². The number of rotatable bonds is 7. The molecule has 156 valence electrons. The SMILES string of the molecule is CN(C)CC(=O)Nc1sc(Cc2ccc(C(=O)Nc3ccccc3N)cc2)cc1N. The number of carbonyl (C=O) groups is 2. The fourth-order valence-corrected chi connectivity index (χ4v) is 3.91. The van der Waals surface area contributed by atoms with E-state index >= 15 is 0 Å². The Morgan fingerprint density at radius 1 is 0.967 bits per heavy atom. The molecule has 3 rings (SSSR count). The minimum absolute atomic E-state index is 0.102. The van der Waals surface area contributed by atoms with Crippen molar-refractivity contribution in [1.29, 1.82) is 0 Å². The summed E-state index contributed by atoms with van der Waals surface area (Å²) in [6, 6.07) is 16.4. The average Bonchev–Trinajstić information content (AvgIpc) is 3.02. The molecular weight excluding hydrogens is 398 g/mol. The van der Waals surface area contributed by atoms with Gasteiger partial charge in [0.1, 0.15) is 5.00 Å². The van der Waals surface area contributed by atoms with Crippen molar-refractivity contribution in [1.82, 2.24) is 4.90 Å². The van der Waals surface area contributed by atoms with Crippen LogP contribution in [0.1, 0.15) is 20.8 Å². The largest absolute Gasteiger partial charge is 0.397 e. The molecular formula is C22H25N5O2S. The molecule has 2 amide bonds. The highest BCUT2D eigenvalue weighted by Crippen LogP contribution is 2.32. The van der Waals surface area contributed by atoms with E-state index < -0.39 is 0 Å². The molecule has 0 saturated heterocycles. The summed E-state index contributed by atoms with van der Waals surface area (Å²) in [5.74, 6) is -0.319. The zero-order valence-corrected chi connectivity index (χ0v) is 17.8. The Labute approximate surface area is 179 Å². The predicted molar refractivity (Wildman–Crippen MR) is 124 cm³/mol. The molecule has 0 unspecified atom stereocenters. The van der Waals surface area contributed by atoms with Gasteiger partial charge >= 0.3 is 0 Å². The van der Waals surface area contributed by atoms with Crippen LogP contribution >= 0.6 is 11.3 Å². The summed E-state index contributed by atoms with van der Waals surface area (Å²) in [7, 11) is 3.67. The van der Waals surface area contributed by atoms with Crippen LogP contribution in [0.5, 0.6) is 0 Å². The van der Waals surface area contributed by atoms with Crippen molar-refractivity contribution in [3.05, 3.63) is 70.6 Å². The molecule has 7 nitrogen and oxygen atoms in total. The summed E-state index contributed by atoms with van der Waals surface area (Å²) in [5.41, 5.74) is 15.2. The Balaban J connectivity index is 1.63. The molecule has 0 fully saturated rings. The second-order valence-electron chi connectivity index (χ2n) is 7.20. The summed E-state index contributed by atoms with van der Waals surface area (Å²) in [4.78, 5) is 27.2. The number of nitrogen functional groups attached to an aromatic ring is 2. The first kappa shape index (κ1) is 21.4. The maximum atomic E-state index is 12.4. The number of likely N-dealkylation sites (N-methyl/N-ethyl adjacent to an activating group) is 1. The third kappa shape index (κ3) is 5.59. The first-order valence-electron chi connectivity index (χ1n) is 9.39. The molecule has 0 spiro atoms. The van der Waals surface area contributed by atoms with E-state index in [0.717, 1.165) is 10.4 Å². The number of carbonyl (C=O) groups excluding carboxylic acids is 2. The zero-order chi connectivity index (χ0) is 21.7. The monoisotopic (exact) mass is 423 g/mol. The van der Waals surface area contributed by atoms with Crippen molar-refractivity contribution < 1.29 is 9.59 Å². The van der Waals surface area contributed by atoms with Crippen molar-refractivity contribution >= 4 is 45.2 Å². The van der Waals surface area contributed by atoms with Crippen LogP contribution in [-0.2, 0) is 11.2 Å². The normalized spacial score (nSPS) is 10.8. The van der Waals surface area contributed by atoms with E-state index in [1.165, 1.54) is 11.3 Å². The van der Waals surface area contributed by atoms with Gasteiger partial charge in [0.25, 0.3) is 5.91 Å². The van der Waals surface area contributed by atoms with Crippen molar-refractivity contribution in [3.8, 4) is 0 Å². The average molecular weight is 424 g/mol. The lowest BCUT2D eigenvalue weighted by atomic mass is 10.1. The van der Waals surface area contributed by atoms with E-state index in [0.29, 0.717) is 40.6 Å². The molecule has 8 heteroatoms. The Kier molecular flexibility index (Phi) is 6.71. The Hall–Kier alpha value is -3.36. The van der Waals surface area contributed by atoms with Crippen LogP contribution in [0.25, 0.3) is 0 Å². The molecule has 0 aliphatic rings. The third-order valence-electron chi connectivity index (χ3n) is 4.33. The Bertz CT molecular complexity index is 1040. The lowest BCUT2D eigenvalue weighted by Crippen LogP contribution is -2.26. The number of benzene rings is 2. The van der Waals surface area contributed by atoms with E-state index in [2.05, 4.69) is 10.6 Å². The van der Waals surface area contributed by atoms with Crippen LogP contribution in [0.3, 0.4) is 0 Å². The molecule has 2 aromatic carbocycles. The minimum Gasteiger partial charge on any atom is -0.397 e. The summed E-state index contributed by atoms with van der Waals surface area (Å²) < 4.78 is 0. The fraction of sp³-hybridized carbons (Fsp3) is 0.182. The smallest absolute Gasteiger partial charge is 0.255 e. The maximum absolute atomic E-state index is 12.4. The van der Waals surface area contributed by atoms with Gasteiger partial charge in [-0.25, -0.2) is 0 Å². The van der Waals surface area contributed by atoms with Gasteiger partial charge in [-0.05, 0) is 50.0 Å². The van der Waals surface area contributed by atoms with Gasteiger partial charge in [0, 0.05) is 16.9 Å². The first-order valence-corrected chi connectivity index (χ1v) is 10.2. The summed E-state index contributed by atoms with van der Waals surface area (Å²) in [6.07, 6.45) is 0.659. The first-order chi connectivity index (χ1) is 14.3. The van der Waals surface area contributed by atoms with Crippen LogP contribution in [0.15, 0.2) is 54.6 Å². The van der Waals surface area contributed by atoms with Crippen LogP contribution in [-0.4, -0.2) is 37.4 Å². The molecule has 30 heavy (non-hydrogen) atoms. The second kappa shape index (κ2) is 9.43. The highest BCUT2D eigenvalue weighted by atomic mass is 32.1. The van der Waals surface area contributed by atoms with Crippen molar-refractivity contribution in [2.45, 2.75) is 6.42 Å². The van der Waals surface area contributed by atoms with Crippen LogP contribution in [0.2, 0.25) is 0 Å². The number of para-hydroxylation sites is 2. The lowest BCUT2D eigenvalue weighted by Gasteiger charge is -2.09. The van der Waals surface area contributed by atoms with Gasteiger partial charge in [-0.3, -0.25) is 9.59 Å². The van der Waals surface area contributed by atoms with Gasteiger partial charge < -0.3 is 27.0 Å². The van der Waals surface area contributed by atoms with Gasteiger partial charge in [0.15, 0.2) is 0 Å². The van der Waals surface area contributed by atoms with E-state index in [4.69, 9.17) is 11.5 Å². The molecule has 0 aliphatic heterocycles. The topological polar surface area (TPSA) is 113 Å². The van der Waals surface area contributed by atoms with E-state index in [1.54, 1.807) is 29.2 Å². The second-order valence-corrected chi connectivity index (χ2v) is 8.33. The summed E-state index contributed by atoms with van der Waals surface area (Å²) >= 11 is 1.45. The zero-order valence-electron chi connectivity index (χ0n) is 16.9. The molecule has 0 saturated carbocycles. The number of nitrogens with zero attached hydrogens (tertiary/aromatic N) is 1. The van der Waals surface area contributed by atoms with Crippen molar-refractivity contribution in [2.24, 2.45) is 0 Å². The number of nitrogens with two attached hydrogens (primary N) is 2. The quantitative estimate of drug-likeness (QED) is 0.436. The molecule has 6 N–H and O–H groups in total. The molecule has 1 heterocycles. The third-order valence-corrected chi connectivity index (χ3v) is 5.39. The van der Waals surface area contributed by atoms with Gasteiger partial charge in [0.05, 0.1) is 23.6 Å². The van der Waals surface area contributed by atoms with E-state index in [9.17, 15) is 9.59 Å². The van der Waals surface area contributed by atoms with Crippen molar-refractivity contribution in [3.63, 3.8) is 0 Å². The number of nitrogens with one attached hydrogen (secondary N) is 2. The molecule has 3 aromatic rings. The Morgan fingerprint density at radius 3 is 2.33 bits per heavy atom. The number of anilines is 4. The van der Waals surface area contributed by atoms with Crippen molar-refractivity contribution in [2.75, 3.05) is 42.7 Å². The number of amides is 2. The van der Waals surface area contributed by atoms with Crippen LogP contribution in [0.4, 0.5) is 22.1 Å². The highest BCUT2D eigenvalue weighted by molar-refractivity contribution is 7.17. The molecule has 0 radical (unpaired) electrons. The van der Waals surface area contributed by atoms with Crippen LogP contribution < -0.4 is 22.1 Å².